The lowest BCUT2D eigenvalue weighted by Crippen LogP contribution is -2.52. The molecule has 0 aliphatic heterocycles. The molecule has 4 nitrogen and oxygen atoms in total. The van der Waals surface area contributed by atoms with Crippen LogP contribution in [0.1, 0.15) is 12.5 Å². The maximum Gasteiger partial charge on any atom is 0.0623 e. The van der Waals surface area contributed by atoms with E-state index >= 15 is 0 Å². The van der Waals surface area contributed by atoms with Gasteiger partial charge in [-0.25, -0.2) is 0 Å². The first kappa shape index (κ1) is 14.1. The molecular weight excluding hydrogens is 214 g/mol. The summed E-state index contributed by atoms with van der Waals surface area (Å²) < 4.78 is 0. The summed E-state index contributed by atoms with van der Waals surface area (Å²) in [6.45, 7) is 3.96. The second-order valence-electron chi connectivity index (χ2n) is 4.81. The van der Waals surface area contributed by atoms with Crippen LogP contribution in [0.25, 0.3) is 0 Å². The Morgan fingerprint density at radius 2 is 2.06 bits per heavy atom. The lowest BCUT2D eigenvalue weighted by atomic mass is 10.0. The highest BCUT2D eigenvalue weighted by Crippen LogP contribution is 2.05. The number of rotatable bonds is 7. The molecule has 0 fully saturated rings. The van der Waals surface area contributed by atoms with E-state index < -0.39 is 0 Å². The molecule has 1 aromatic heterocycles. The Morgan fingerprint density at radius 3 is 2.59 bits per heavy atom. The number of aliphatic hydroxyl groups is 1. The van der Waals surface area contributed by atoms with Gasteiger partial charge in [-0.3, -0.25) is 4.98 Å². The van der Waals surface area contributed by atoms with E-state index in [1.807, 2.05) is 38.5 Å². The molecule has 1 rings (SSSR count). The summed E-state index contributed by atoms with van der Waals surface area (Å²) in [6, 6.07) is 4.08. The molecule has 1 heterocycles. The van der Waals surface area contributed by atoms with E-state index in [9.17, 15) is 5.11 Å². The number of nitrogens with zero attached hydrogens (tertiary/aromatic N) is 2. The van der Waals surface area contributed by atoms with Gasteiger partial charge in [-0.2, -0.15) is 0 Å². The van der Waals surface area contributed by atoms with Crippen LogP contribution in [0, 0.1) is 0 Å². The lowest BCUT2D eigenvalue weighted by molar-refractivity contribution is 0.139. The first-order valence-electron chi connectivity index (χ1n) is 5.97. The average molecular weight is 237 g/mol. The Kier molecular flexibility index (Phi) is 5.55. The molecule has 0 bridgehead atoms. The van der Waals surface area contributed by atoms with Crippen LogP contribution in [-0.4, -0.2) is 54.3 Å². The van der Waals surface area contributed by atoms with Gasteiger partial charge in [-0.15, -0.1) is 0 Å². The van der Waals surface area contributed by atoms with E-state index in [1.54, 1.807) is 0 Å². The quantitative estimate of drug-likeness (QED) is 0.726. The normalized spacial score (nSPS) is 14.9. The third-order valence-corrected chi connectivity index (χ3v) is 3.10. The monoisotopic (exact) mass is 237 g/mol. The average Bonchev–Trinajstić information content (AvgIpc) is 2.37. The molecule has 2 N–H and O–H groups in total. The maximum atomic E-state index is 9.32. The highest BCUT2D eigenvalue weighted by atomic mass is 16.3. The van der Waals surface area contributed by atoms with Gasteiger partial charge in [0.05, 0.1) is 12.1 Å². The van der Waals surface area contributed by atoms with Gasteiger partial charge in [0, 0.05) is 25.5 Å². The zero-order valence-corrected chi connectivity index (χ0v) is 11.0. The van der Waals surface area contributed by atoms with Crippen LogP contribution >= 0.6 is 0 Å². The smallest absolute Gasteiger partial charge is 0.0623 e. The van der Waals surface area contributed by atoms with E-state index in [0.717, 1.165) is 19.5 Å². The fraction of sp³-hybridized carbons (Fsp3) is 0.615. The van der Waals surface area contributed by atoms with Crippen molar-refractivity contribution in [3.63, 3.8) is 0 Å². The minimum absolute atomic E-state index is 0.142. The third kappa shape index (κ3) is 4.81. The van der Waals surface area contributed by atoms with Gasteiger partial charge >= 0.3 is 0 Å². The Labute approximate surface area is 104 Å². The van der Waals surface area contributed by atoms with Crippen molar-refractivity contribution in [1.29, 1.82) is 0 Å². The first-order chi connectivity index (χ1) is 8.09. The van der Waals surface area contributed by atoms with E-state index in [1.165, 1.54) is 5.56 Å². The molecule has 0 radical (unpaired) electrons. The summed E-state index contributed by atoms with van der Waals surface area (Å²) in [4.78, 5) is 6.23. The van der Waals surface area contributed by atoms with Crippen molar-refractivity contribution in [2.45, 2.75) is 18.9 Å². The molecule has 96 valence electrons. The molecule has 0 aromatic carbocycles. The van der Waals surface area contributed by atoms with Crippen LogP contribution in [-0.2, 0) is 6.42 Å². The van der Waals surface area contributed by atoms with Crippen LogP contribution in [0.4, 0.5) is 0 Å². The maximum absolute atomic E-state index is 9.32. The van der Waals surface area contributed by atoms with Gasteiger partial charge in [0.25, 0.3) is 0 Å². The predicted octanol–water partition coefficient (Wildman–Crippen LogP) is 0.526. The Hall–Kier alpha value is -0.970. The van der Waals surface area contributed by atoms with Gasteiger partial charge in [-0.05, 0) is 45.1 Å². The Balaban J connectivity index is 2.37. The van der Waals surface area contributed by atoms with Crippen molar-refractivity contribution in [3.05, 3.63) is 30.1 Å². The molecule has 0 spiro atoms. The third-order valence-electron chi connectivity index (χ3n) is 3.10. The minimum Gasteiger partial charge on any atom is -0.394 e. The summed E-state index contributed by atoms with van der Waals surface area (Å²) in [5.41, 5.74) is 1.06. The summed E-state index contributed by atoms with van der Waals surface area (Å²) in [5, 5.41) is 12.5. The Morgan fingerprint density at radius 1 is 1.41 bits per heavy atom. The molecule has 0 aliphatic rings. The van der Waals surface area contributed by atoms with Gasteiger partial charge in [0.2, 0.25) is 0 Å². The summed E-state index contributed by atoms with van der Waals surface area (Å²) in [7, 11) is 3.96. The van der Waals surface area contributed by atoms with E-state index in [4.69, 9.17) is 0 Å². The molecule has 0 saturated carbocycles. The standard InChI is InChI=1S/C13H23N3O/c1-13(11-17,14-2)10-16(3)9-6-12-4-7-15-8-5-12/h4-5,7-8,14,17H,6,9-11H2,1-3H3. The zero-order valence-electron chi connectivity index (χ0n) is 11.0. The van der Waals surface area contributed by atoms with Crippen molar-refractivity contribution < 1.29 is 5.11 Å². The summed E-state index contributed by atoms with van der Waals surface area (Å²) in [6.07, 6.45) is 4.64. The lowest BCUT2D eigenvalue weighted by Gasteiger charge is -2.31. The molecule has 17 heavy (non-hydrogen) atoms. The molecule has 1 unspecified atom stereocenters. The summed E-state index contributed by atoms with van der Waals surface area (Å²) in [5.74, 6) is 0. The SMILES string of the molecule is CNC(C)(CO)CN(C)CCc1ccncc1. The fourth-order valence-electron chi connectivity index (χ4n) is 1.75. The number of nitrogens with one attached hydrogen (secondary N) is 1. The number of likely N-dealkylation sites (N-methyl/N-ethyl adjacent to an activating group) is 2. The number of hydrogen-bond acceptors (Lipinski definition) is 4. The molecule has 1 atom stereocenters. The zero-order chi connectivity index (χ0) is 12.7. The molecule has 0 amide bonds. The van der Waals surface area contributed by atoms with Crippen LogP contribution in [0.3, 0.4) is 0 Å². The van der Waals surface area contributed by atoms with Crippen molar-refractivity contribution in [1.82, 2.24) is 15.2 Å². The van der Waals surface area contributed by atoms with E-state index in [-0.39, 0.29) is 12.1 Å². The van der Waals surface area contributed by atoms with Crippen molar-refractivity contribution in [2.24, 2.45) is 0 Å². The highest BCUT2D eigenvalue weighted by molar-refractivity contribution is 5.09. The first-order valence-corrected chi connectivity index (χ1v) is 5.97. The van der Waals surface area contributed by atoms with Crippen molar-refractivity contribution >= 4 is 0 Å². The molecule has 1 aromatic rings. The van der Waals surface area contributed by atoms with Crippen LogP contribution in [0.2, 0.25) is 0 Å². The Bertz CT molecular complexity index is 312. The van der Waals surface area contributed by atoms with Gasteiger partial charge < -0.3 is 15.3 Å². The number of pyridine rings is 1. The highest BCUT2D eigenvalue weighted by Gasteiger charge is 2.22. The van der Waals surface area contributed by atoms with Crippen LogP contribution in [0.15, 0.2) is 24.5 Å². The van der Waals surface area contributed by atoms with Crippen LogP contribution < -0.4 is 5.32 Å². The molecule has 0 saturated heterocycles. The fourth-order valence-corrected chi connectivity index (χ4v) is 1.75. The summed E-state index contributed by atoms with van der Waals surface area (Å²) >= 11 is 0. The largest absolute Gasteiger partial charge is 0.394 e. The number of aliphatic hydroxyl groups excluding tert-OH is 1. The van der Waals surface area contributed by atoms with Crippen molar-refractivity contribution in [3.8, 4) is 0 Å². The molecule has 0 aliphatic carbocycles. The second-order valence-corrected chi connectivity index (χ2v) is 4.81. The number of hydrogen-bond donors (Lipinski definition) is 2. The van der Waals surface area contributed by atoms with E-state index in [0.29, 0.717) is 0 Å². The molecule has 4 heteroatoms. The topological polar surface area (TPSA) is 48.4 Å². The van der Waals surface area contributed by atoms with Gasteiger partial charge in [0.1, 0.15) is 0 Å². The minimum atomic E-state index is -0.229. The number of aromatic nitrogens is 1. The van der Waals surface area contributed by atoms with Crippen LogP contribution in [0.5, 0.6) is 0 Å². The van der Waals surface area contributed by atoms with Gasteiger partial charge in [0.15, 0.2) is 0 Å². The van der Waals surface area contributed by atoms with Crippen molar-refractivity contribution in [2.75, 3.05) is 33.8 Å². The van der Waals surface area contributed by atoms with E-state index in [2.05, 4.69) is 22.2 Å². The van der Waals surface area contributed by atoms with Gasteiger partial charge in [-0.1, -0.05) is 0 Å². The molecular formula is C13H23N3O. The predicted molar refractivity (Wildman–Crippen MR) is 70.0 cm³/mol. The second kappa shape index (κ2) is 6.69.